The molecule has 0 saturated carbocycles. The van der Waals surface area contributed by atoms with Crippen molar-refractivity contribution in [2.75, 3.05) is 0 Å². The molecule has 0 heterocycles. The third-order valence-corrected chi connectivity index (χ3v) is 2.40. The molecule has 66 valence electrons. The summed E-state index contributed by atoms with van der Waals surface area (Å²) in [5, 5.41) is 11.1. The predicted octanol–water partition coefficient (Wildman–Crippen LogP) is 2.22. The number of amides is 1. The van der Waals surface area contributed by atoms with Crippen molar-refractivity contribution in [1.29, 1.82) is 0 Å². The molecule has 0 aliphatic heterocycles. The Morgan fingerprint density at radius 1 is 1.27 bits per heavy atom. The lowest BCUT2D eigenvalue weighted by molar-refractivity contribution is 0.172. The lowest BCUT2D eigenvalue weighted by Crippen LogP contribution is -2.46. The zero-order valence-corrected chi connectivity index (χ0v) is 7.48. The van der Waals surface area contributed by atoms with Gasteiger partial charge in [0.05, 0.1) is 0 Å². The highest BCUT2D eigenvalue weighted by molar-refractivity contribution is 5.65. The molecule has 3 nitrogen and oxygen atoms in total. The summed E-state index contributed by atoms with van der Waals surface area (Å²) in [4.78, 5) is 10.4. The van der Waals surface area contributed by atoms with E-state index in [4.69, 9.17) is 5.11 Å². The molecule has 0 aromatic heterocycles. The Morgan fingerprint density at radius 2 is 1.64 bits per heavy atom. The maximum Gasteiger partial charge on any atom is 0.405 e. The topological polar surface area (TPSA) is 49.3 Å². The van der Waals surface area contributed by atoms with E-state index in [2.05, 4.69) is 5.32 Å². The van der Waals surface area contributed by atoms with Gasteiger partial charge < -0.3 is 10.4 Å². The Bertz CT molecular complexity index is 122. The summed E-state index contributed by atoms with van der Waals surface area (Å²) in [5.74, 6) is 0. The Hall–Kier alpha value is -0.730. The van der Waals surface area contributed by atoms with Gasteiger partial charge in [-0.25, -0.2) is 4.79 Å². The van der Waals surface area contributed by atoms with E-state index in [0.717, 1.165) is 19.3 Å². The molecular formula is C8H17NO2. The van der Waals surface area contributed by atoms with E-state index < -0.39 is 6.09 Å². The van der Waals surface area contributed by atoms with Crippen LogP contribution in [0.1, 0.15) is 40.0 Å². The molecule has 0 radical (unpaired) electrons. The van der Waals surface area contributed by atoms with Crippen LogP contribution in [0.25, 0.3) is 0 Å². The minimum atomic E-state index is -0.921. The van der Waals surface area contributed by atoms with Gasteiger partial charge in [0.2, 0.25) is 0 Å². The summed E-state index contributed by atoms with van der Waals surface area (Å²) in [6.45, 7) is 6.01. The molecule has 0 aromatic rings. The van der Waals surface area contributed by atoms with Gasteiger partial charge in [0.15, 0.2) is 0 Å². The predicted molar refractivity (Wildman–Crippen MR) is 44.8 cm³/mol. The molecule has 3 heteroatoms. The van der Waals surface area contributed by atoms with Crippen molar-refractivity contribution in [3.05, 3.63) is 0 Å². The van der Waals surface area contributed by atoms with Crippen LogP contribution >= 0.6 is 0 Å². The molecule has 11 heavy (non-hydrogen) atoms. The molecule has 0 unspecified atom stereocenters. The molecule has 0 atom stereocenters. The second-order valence-electron chi connectivity index (χ2n) is 2.77. The second-order valence-corrected chi connectivity index (χ2v) is 2.77. The van der Waals surface area contributed by atoms with Crippen LogP contribution in [0.15, 0.2) is 0 Å². The van der Waals surface area contributed by atoms with Crippen LogP contribution in [0, 0.1) is 0 Å². The molecule has 0 saturated heterocycles. The highest BCUT2D eigenvalue weighted by Crippen LogP contribution is 2.18. The van der Waals surface area contributed by atoms with E-state index in [-0.39, 0.29) is 5.54 Å². The van der Waals surface area contributed by atoms with Gasteiger partial charge in [-0.1, -0.05) is 20.8 Å². The zero-order chi connectivity index (χ0) is 8.91. The first-order chi connectivity index (χ1) is 5.10. The number of hydrogen-bond donors (Lipinski definition) is 2. The van der Waals surface area contributed by atoms with E-state index in [1.54, 1.807) is 0 Å². The highest BCUT2D eigenvalue weighted by Gasteiger charge is 2.25. The van der Waals surface area contributed by atoms with E-state index >= 15 is 0 Å². The Labute approximate surface area is 67.8 Å². The first-order valence-electron chi connectivity index (χ1n) is 4.11. The third kappa shape index (κ3) is 2.78. The van der Waals surface area contributed by atoms with Crippen molar-refractivity contribution in [3.8, 4) is 0 Å². The van der Waals surface area contributed by atoms with Crippen LogP contribution in [0.5, 0.6) is 0 Å². The summed E-state index contributed by atoms with van der Waals surface area (Å²) < 4.78 is 0. The lowest BCUT2D eigenvalue weighted by atomic mass is 9.90. The minimum absolute atomic E-state index is 0.203. The van der Waals surface area contributed by atoms with Crippen molar-refractivity contribution < 1.29 is 9.90 Å². The zero-order valence-electron chi connectivity index (χ0n) is 7.48. The molecule has 0 fully saturated rings. The van der Waals surface area contributed by atoms with Gasteiger partial charge in [-0.3, -0.25) is 0 Å². The molecule has 0 aromatic carbocycles. The van der Waals surface area contributed by atoms with Crippen molar-refractivity contribution in [2.24, 2.45) is 0 Å². The summed E-state index contributed by atoms with van der Waals surface area (Å²) in [6, 6.07) is 0. The smallest absolute Gasteiger partial charge is 0.405 e. The van der Waals surface area contributed by atoms with Crippen LogP contribution in [-0.2, 0) is 0 Å². The summed E-state index contributed by atoms with van der Waals surface area (Å²) in [7, 11) is 0. The van der Waals surface area contributed by atoms with Crippen LogP contribution in [0.4, 0.5) is 4.79 Å². The number of carbonyl (C=O) groups is 1. The van der Waals surface area contributed by atoms with Crippen molar-refractivity contribution in [2.45, 2.75) is 45.6 Å². The number of nitrogens with one attached hydrogen (secondary N) is 1. The molecule has 0 rings (SSSR count). The summed E-state index contributed by atoms with van der Waals surface area (Å²) >= 11 is 0. The van der Waals surface area contributed by atoms with Gasteiger partial charge in [0, 0.05) is 5.54 Å². The van der Waals surface area contributed by atoms with Gasteiger partial charge in [-0.15, -0.1) is 0 Å². The maximum atomic E-state index is 10.4. The lowest BCUT2D eigenvalue weighted by Gasteiger charge is -2.29. The summed E-state index contributed by atoms with van der Waals surface area (Å²) in [5.41, 5.74) is -0.203. The number of carboxylic acid groups (broad SMARTS) is 1. The van der Waals surface area contributed by atoms with Gasteiger partial charge in [-0.2, -0.15) is 0 Å². The summed E-state index contributed by atoms with van der Waals surface area (Å²) in [6.07, 6.45) is 1.64. The molecule has 0 spiro atoms. The second kappa shape index (κ2) is 4.21. The Kier molecular flexibility index (Phi) is 3.93. The maximum absolute atomic E-state index is 10.4. The first-order valence-corrected chi connectivity index (χ1v) is 4.11. The van der Waals surface area contributed by atoms with Crippen LogP contribution in [0.2, 0.25) is 0 Å². The molecule has 0 aliphatic carbocycles. The molecule has 0 bridgehead atoms. The van der Waals surface area contributed by atoms with Crippen LogP contribution < -0.4 is 5.32 Å². The van der Waals surface area contributed by atoms with Crippen molar-refractivity contribution in [3.63, 3.8) is 0 Å². The van der Waals surface area contributed by atoms with E-state index in [1.165, 1.54) is 0 Å². The first kappa shape index (κ1) is 10.3. The van der Waals surface area contributed by atoms with Gasteiger partial charge in [0.1, 0.15) is 0 Å². The fourth-order valence-corrected chi connectivity index (χ4v) is 1.24. The average Bonchev–Trinajstić information content (AvgIpc) is 2.00. The van der Waals surface area contributed by atoms with Crippen molar-refractivity contribution >= 4 is 6.09 Å². The fraction of sp³-hybridized carbons (Fsp3) is 0.875. The quantitative estimate of drug-likeness (QED) is 0.660. The normalized spacial score (nSPS) is 11.2. The average molecular weight is 159 g/mol. The molecule has 0 aliphatic rings. The monoisotopic (exact) mass is 159 g/mol. The Morgan fingerprint density at radius 3 is 1.73 bits per heavy atom. The van der Waals surface area contributed by atoms with E-state index in [9.17, 15) is 4.79 Å². The number of rotatable bonds is 4. The van der Waals surface area contributed by atoms with Crippen LogP contribution in [0.3, 0.4) is 0 Å². The van der Waals surface area contributed by atoms with Crippen molar-refractivity contribution in [1.82, 2.24) is 5.32 Å². The standard InChI is InChI=1S/C8H17NO2/c1-4-8(5-2,6-3)9-7(10)11/h9H,4-6H2,1-3H3,(H,10,11). The fourth-order valence-electron chi connectivity index (χ4n) is 1.24. The molecule has 1 amide bonds. The Balaban J connectivity index is 4.16. The third-order valence-electron chi connectivity index (χ3n) is 2.40. The van der Waals surface area contributed by atoms with Crippen LogP contribution in [-0.4, -0.2) is 16.7 Å². The molecular weight excluding hydrogens is 142 g/mol. The minimum Gasteiger partial charge on any atom is -0.465 e. The molecule has 2 N–H and O–H groups in total. The van der Waals surface area contributed by atoms with E-state index in [0.29, 0.717) is 0 Å². The highest BCUT2D eigenvalue weighted by atomic mass is 16.4. The van der Waals surface area contributed by atoms with E-state index in [1.807, 2.05) is 20.8 Å². The number of hydrogen-bond acceptors (Lipinski definition) is 1. The van der Waals surface area contributed by atoms with Gasteiger partial charge >= 0.3 is 6.09 Å². The van der Waals surface area contributed by atoms with Gasteiger partial charge in [0.25, 0.3) is 0 Å². The largest absolute Gasteiger partial charge is 0.465 e. The SMILES string of the molecule is CCC(CC)(CC)NC(=O)O. The van der Waals surface area contributed by atoms with Gasteiger partial charge in [-0.05, 0) is 19.3 Å².